The number of nitrogens with one attached hydrogen (secondary N) is 1. The highest BCUT2D eigenvalue weighted by Crippen LogP contribution is 2.23. The smallest absolute Gasteiger partial charge is 0.111 e. The van der Waals surface area contributed by atoms with E-state index in [4.69, 9.17) is 5.11 Å². The summed E-state index contributed by atoms with van der Waals surface area (Å²) in [7, 11) is 0. The summed E-state index contributed by atoms with van der Waals surface area (Å²) in [5.41, 5.74) is 0.955. The van der Waals surface area contributed by atoms with Gasteiger partial charge in [0.2, 0.25) is 0 Å². The number of rotatable bonds is 4. The fourth-order valence-corrected chi connectivity index (χ4v) is 2.92. The van der Waals surface area contributed by atoms with Gasteiger partial charge in [-0.1, -0.05) is 12.2 Å². The zero-order chi connectivity index (χ0) is 15.6. The van der Waals surface area contributed by atoms with Gasteiger partial charge in [-0.3, -0.25) is 0 Å². The van der Waals surface area contributed by atoms with Gasteiger partial charge in [0, 0.05) is 6.04 Å². The van der Waals surface area contributed by atoms with E-state index in [0.29, 0.717) is 18.4 Å². The lowest BCUT2D eigenvalue weighted by Gasteiger charge is -2.37. The summed E-state index contributed by atoms with van der Waals surface area (Å²) in [6.45, 7) is -0.546. The maximum atomic E-state index is 10.0. The molecular formula is C14H23NO6. The third kappa shape index (κ3) is 3.70. The number of hydrogen-bond donors (Lipinski definition) is 7. The van der Waals surface area contributed by atoms with Crippen molar-refractivity contribution in [1.29, 1.82) is 0 Å². The summed E-state index contributed by atoms with van der Waals surface area (Å²) in [6, 6.07) is -0.925. The lowest BCUT2D eigenvalue weighted by molar-refractivity contribution is -0.0654. The first-order chi connectivity index (χ1) is 9.96. The van der Waals surface area contributed by atoms with Crippen LogP contribution in [0.4, 0.5) is 0 Å². The molecule has 0 saturated heterocycles. The SMILES string of the molecule is OCC1=C[C@H](N[C@H]2C=C(CO)[C@@H](O)[C@H](O)[C@H]2O)C[C@@H](O)C1. The van der Waals surface area contributed by atoms with E-state index >= 15 is 0 Å². The molecule has 0 aromatic rings. The van der Waals surface area contributed by atoms with Gasteiger partial charge in [0.15, 0.2) is 0 Å². The predicted octanol–water partition coefficient (Wildman–Crippen LogP) is -2.60. The Hall–Kier alpha value is -0.800. The van der Waals surface area contributed by atoms with Crippen molar-refractivity contribution in [2.75, 3.05) is 13.2 Å². The van der Waals surface area contributed by atoms with Crippen LogP contribution in [0.5, 0.6) is 0 Å². The number of aliphatic hydroxyl groups excluding tert-OH is 6. The molecule has 0 bridgehead atoms. The van der Waals surface area contributed by atoms with Gasteiger partial charge in [-0.2, -0.15) is 0 Å². The molecule has 0 aliphatic heterocycles. The molecule has 21 heavy (non-hydrogen) atoms. The van der Waals surface area contributed by atoms with Crippen molar-refractivity contribution in [3.8, 4) is 0 Å². The normalized spacial score (nSPS) is 40.7. The lowest BCUT2D eigenvalue weighted by Crippen LogP contribution is -2.56. The van der Waals surface area contributed by atoms with E-state index in [1.54, 1.807) is 6.08 Å². The topological polar surface area (TPSA) is 133 Å². The van der Waals surface area contributed by atoms with Crippen molar-refractivity contribution in [3.63, 3.8) is 0 Å². The van der Waals surface area contributed by atoms with Gasteiger partial charge in [-0.25, -0.2) is 0 Å². The van der Waals surface area contributed by atoms with Crippen molar-refractivity contribution in [3.05, 3.63) is 23.3 Å². The molecule has 0 fully saturated rings. The Bertz CT molecular complexity index is 424. The Kier molecular flexibility index (Phi) is 5.50. The average molecular weight is 301 g/mol. The Morgan fingerprint density at radius 1 is 1.00 bits per heavy atom. The second-order valence-electron chi connectivity index (χ2n) is 5.70. The Balaban J connectivity index is 2.12. The average Bonchev–Trinajstić information content (AvgIpc) is 2.47. The van der Waals surface area contributed by atoms with Crippen LogP contribution in [-0.2, 0) is 0 Å². The summed E-state index contributed by atoms with van der Waals surface area (Å²) in [5.74, 6) is 0. The monoisotopic (exact) mass is 301 g/mol. The second-order valence-corrected chi connectivity index (χ2v) is 5.70. The van der Waals surface area contributed by atoms with Crippen LogP contribution in [0, 0.1) is 0 Å². The molecule has 7 heteroatoms. The first-order valence-electron chi connectivity index (χ1n) is 7.06. The van der Waals surface area contributed by atoms with Crippen molar-refractivity contribution >= 4 is 0 Å². The van der Waals surface area contributed by atoms with E-state index in [9.17, 15) is 25.5 Å². The maximum absolute atomic E-state index is 10.0. The van der Waals surface area contributed by atoms with Crippen LogP contribution < -0.4 is 5.32 Å². The van der Waals surface area contributed by atoms with Crippen LogP contribution in [0.1, 0.15) is 12.8 Å². The van der Waals surface area contributed by atoms with E-state index in [1.165, 1.54) is 6.08 Å². The Morgan fingerprint density at radius 3 is 2.33 bits per heavy atom. The third-order valence-electron chi connectivity index (χ3n) is 4.07. The molecule has 0 aromatic carbocycles. The maximum Gasteiger partial charge on any atom is 0.111 e. The van der Waals surface area contributed by atoms with Gasteiger partial charge in [-0.15, -0.1) is 0 Å². The van der Waals surface area contributed by atoms with E-state index < -0.39 is 37.1 Å². The zero-order valence-electron chi connectivity index (χ0n) is 11.6. The van der Waals surface area contributed by atoms with E-state index in [0.717, 1.165) is 0 Å². The molecule has 120 valence electrons. The molecular weight excluding hydrogens is 278 g/mol. The molecule has 2 aliphatic rings. The van der Waals surface area contributed by atoms with Crippen LogP contribution >= 0.6 is 0 Å². The summed E-state index contributed by atoms with van der Waals surface area (Å²) in [6.07, 6.45) is -0.339. The van der Waals surface area contributed by atoms with Crippen molar-refractivity contribution < 1.29 is 30.6 Å². The molecule has 2 aliphatic carbocycles. The number of aliphatic hydroxyl groups is 6. The van der Waals surface area contributed by atoms with Gasteiger partial charge >= 0.3 is 0 Å². The van der Waals surface area contributed by atoms with Crippen molar-refractivity contribution in [1.82, 2.24) is 5.32 Å². The minimum absolute atomic E-state index is 0.137. The molecule has 7 N–H and O–H groups in total. The van der Waals surface area contributed by atoms with Crippen LogP contribution in [0.2, 0.25) is 0 Å². The third-order valence-corrected chi connectivity index (χ3v) is 4.07. The summed E-state index contributed by atoms with van der Waals surface area (Å²) in [5, 5.41) is 60.7. The van der Waals surface area contributed by atoms with Crippen molar-refractivity contribution in [2.45, 2.75) is 49.3 Å². The van der Waals surface area contributed by atoms with Crippen LogP contribution in [-0.4, -0.2) is 80.4 Å². The largest absolute Gasteiger partial charge is 0.393 e. The van der Waals surface area contributed by atoms with Gasteiger partial charge < -0.3 is 36.0 Å². The minimum Gasteiger partial charge on any atom is -0.393 e. The second kappa shape index (κ2) is 6.97. The van der Waals surface area contributed by atoms with Gasteiger partial charge in [-0.05, 0) is 24.0 Å². The molecule has 7 nitrogen and oxygen atoms in total. The lowest BCUT2D eigenvalue weighted by atomic mass is 9.86. The van der Waals surface area contributed by atoms with Gasteiger partial charge in [0.1, 0.15) is 18.3 Å². The predicted molar refractivity (Wildman–Crippen MR) is 74.3 cm³/mol. The fraction of sp³-hybridized carbons (Fsp3) is 0.714. The number of hydrogen-bond acceptors (Lipinski definition) is 7. The summed E-state index contributed by atoms with van der Waals surface area (Å²) >= 11 is 0. The van der Waals surface area contributed by atoms with Gasteiger partial charge in [0.25, 0.3) is 0 Å². The molecule has 0 radical (unpaired) electrons. The Morgan fingerprint density at radius 2 is 1.71 bits per heavy atom. The zero-order valence-corrected chi connectivity index (χ0v) is 11.6. The molecule has 0 unspecified atom stereocenters. The van der Waals surface area contributed by atoms with Gasteiger partial charge in [0.05, 0.1) is 25.4 Å². The van der Waals surface area contributed by atoms with Crippen molar-refractivity contribution in [2.24, 2.45) is 0 Å². The summed E-state index contributed by atoms with van der Waals surface area (Å²) < 4.78 is 0. The van der Waals surface area contributed by atoms with Crippen LogP contribution in [0.25, 0.3) is 0 Å². The van der Waals surface area contributed by atoms with E-state index in [2.05, 4.69) is 5.32 Å². The fourth-order valence-electron chi connectivity index (χ4n) is 2.92. The first kappa shape index (κ1) is 16.6. The molecule has 0 spiro atoms. The highest BCUT2D eigenvalue weighted by Gasteiger charge is 2.38. The first-order valence-corrected chi connectivity index (χ1v) is 7.06. The molecule has 0 heterocycles. The van der Waals surface area contributed by atoms with E-state index in [-0.39, 0.29) is 18.2 Å². The minimum atomic E-state index is -1.38. The molecule has 0 aromatic heterocycles. The Labute approximate surface area is 122 Å². The molecule has 0 saturated carbocycles. The molecule has 0 amide bonds. The van der Waals surface area contributed by atoms with E-state index in [1.807, 2.05) is 0 Å². The highest BCUT2D eigenvalue weighted by atomic mass is 16.4. The highest BCUT2D eigenvalue weighted by molar-refractivity contribution is 5.23. The molecule has 2 rings (SSSR count). The quantitative estimate of drug-likeness (QED) is 0.283. The summed E-state index contributed by atoms with van der Waals surface area (Å²) in [4.78, 5) is 0. The standard InChI is InChI=1S/C14H23NO6/c16-5-7-1-9(4-10(18)2-7)15-11-3-8(6-17)12(19)14(21)13(11)20/h1,3,9-21H,2,4-6H2/t9-,10-,11-,12+,13-,14-/m0/s1. The van der Waals surface area contributed by atoms with Crippen LogP contribution in [0.15, 0.2) is 23.3 Å². The molecule has 6 atom stereocenters. The van der Waals surface area contributed by atoms with Crippen LogP contribution in [0.3, 0.4) is 0 Å².